The van der Waals surface area contributed by atoms with Crippen LogP contribution in [0.5, 0.6) is 5.75 Å². The van der Waals surface area contributed by atoms with E-state index in [1.54, 1.807) is 24.3 Å². The zero-order valence-electron chi connectivity index (χ0n) is 15.1. The number of nitrogens with zero attached hydrogens (tertiary/aromatic N) is 2. The normalized spacial score (nSPS) is 17.6. The highest BCUT2D eigenvalue weighted by Gasteiger charge is 2.49. The molecule has 3 rings (SSSR count). The molecule has 1 atom stereocenters. The molecule has 0 saturated carbocycles. The molecule has 2 N–H and O–H groups in total. The summed E-state index contributed by atoms with van der Waals surface area (Å²) in [6.07, 6.45) is -0.756. The van der Waals surface area contributed by atoms with Crippen LogP contribution >= 0.6 is 0 Å². The molecule has 8 nitrogen and oxygen atoms in total. The second-order valence-electron chi connectivity index (χ2n) is 6.27. The molecule has 1 aliphatic heterocycles. The Morgan fingerprint density at radius 3 is 2.69 bits per heavy atom. The average Bonchev–Trinajstić information content (AvgIpc) is 3.13. The maximum Gasteiger partial charge on any atom is 0.308 e. The zero-order chi connectivity index (χ0) is 20.9. The molecule has 2 aromatic carbocycles. The van der Waals surface area contributed by atoms with Gasteiger partial charge in [-0.25, -0.2) is 4.39 Å². The Bertz CT molecular complexity index is 1000. The maximum atomic E-state index is 13.1. The molecule has 0 spiro atoms. The molecule has 0 saturated heterocycles. The molecule has 2 aromatic rings. The smallest absolute Gasteiger partial charge is 0.308 e. The summed E-state index contributed by atoms with van der Waals surface area (Å²) in [4.78, 5) is 29.6. The third-order valence-electron chi connectivity index (χ3n) is 4.23. The number of halogens is 1. The van der Waals surface area contributed by atoms with Crippen LogP contribution in [0.15, 0.2) is 53.7 Å². The lowest BCUT2D eigenvalue weighted by molar-refractivity contribution is -0.152. The third-order valence-corrected chi connectivity index (χ3v) is 4.23. The predicted octanol–water partition coefficient (Wildman–Crippen LogP) is 2.70. The topological polar surface area (TPSA) is 121 Å². The Hall–Kier alpha value is -3.93. The number of aliphatic carboxylic acids is 1. The minimum atomic E-state index is -1.78. The van der Waals surface area contributed by atoms with Crippen molar-refractivity contribution >= 4 is 23.3 Å². The van der Waals surface area contributed by atoms with E-state index in [1.165, 1.54) is 24.3 Å². The largest absolute Gasteiger partial charge is 0.481 e. The van der Waals surface area contributed by atoms with Gasteiger partial charge in [0.25, 0.3) is 5.91 Å². The van der Waals surface area contributed by atoms with Gasteiger partial charge < -0.3 is 20.0 Å². The molecule has 1 amide bonds. The first-order chi connectivity index (χ1) is 13.9. The van der Waals surface area contributed by atoms with Gasteiger partial charge in [-0.15, -0.1) is 0 Å². The molecular weight excluding hydrogens is 381 g/mol. The predicted molar refractivity (Wildman–Crippen MR) is 99.8 cm³/mol. The lowest BCUT2D eigenvalue weighted by atomic mass is 9.89. The van der Waals surface area contributed by atoms with Crippen LogP contribution in [0.1, 0.15) is 18.4 Å². The van der Waals surface area contributed by atoms with Crippen LogP contribution in [0.3, 0.4) is 0 Å². The maximum absolute atomic E-state index is 13.1. The summed E-state index contributed by atoms with van der Waals surface area (Å²) >= 11 is 0. The van der Waals surface area contributed by atoms with Crippen LogP contribution in [-0.4, -0.2) is 34.9 Å². The number of carbonyl (C=O) groups excluding carboxylic acids is 1. The fourth-order valence-electron chi connectivity index (χ4n) is 2.88. The van der Waals surface area contributed by atoms with Gasteiger partial charge in [-0.2, -0.15) is 5.26 Å². The lowest BCUT2D eigenvalue weighted by Crippen LogP contribution is -2.45. The van der Waals surface area contributed by atoms with Crippen molar-refractivity contribution in [3.8, 4) is 11.8 Å². The highest BCUT2D eigenvalue weighted by molar-refractivity contribution is 6.10. The molecule has 0 radical (unpaired) electrons. The van der Waals surface area contributed by atoms with Crippen molar-refractivity contribution in [1.82, 2.24) is 0 Å². The van der Waals surface area contributed by atoms with E-state index in [4.69, 9.17) is 14.8 Å². The van der Waals surface area contributed by atoms with Crippen LogP contribution in [0.2, 0.25) is 0 Å². The van der Waals surface area contributed by atoms with Crippen molar-refractivity contribution in [3.63, 3.8) is 0 Å². The summed E-state index contributed by atoms with van der Waals surface area (Å²) in [5, 5.41) is 24.5. The van der Waals surface area contributed by atoms with E-state index < -0.39 is 29.7 Å². The monoisotopic (exact) mass is 397 g/mol. The SMILES string of the molecule is N#CCOc1ccccc1C1=NO[C@@](CC(=O)O)(C(=O)Nc2ccc(F)cc2)C1. The number of carboxylic acids is 1. The first-order valence-corrected chi connectivity index (χ1v) is 8.56. The van der Waals surface area contributed by atoms with Gasteiger partial charge in [0.15, 0.2) is 6.61 Å². The molecule has 0 unspecified atom stereocenters. The van der Waals surface area contributed by atoms with Crippen LogP contribution < -0.4 is 10.1 Å². The number of carboxylic acid groups (broad SMARTS) is 1. The fraction of sp³-hybridized carbons (Fsp3) is 0.200. The van der Waals surface area contributed by atoms with Gasteiger partial charge in [-0.1, -0.05) is 17.3 Å². The van der Waals surface area contributed by atoms with Gasteiger partial charge in [0.2, 0.25) is 5.60 Å². The number of para-hydroxylation sites is 1. The second kappa shape index (κ2) is 8.39. The molecular formula is C20H16FN3O5. The van der Waals surface area contributed by atoms with E-state index in [-0.39, 0.29) is 18.7 Å². The van der Waals surface area contributed by atoms with E-state index in [9.17, 15) is 19.1 Å². The van der Waals surface area contributed by atoms with E-state index in [0.29, 0.717) is 17.0 Å². The van der Waals surface area contributed by atoms with Gasteiger partial charge in [0, 0.05) is 17.7 Å². The molecule has 1 heterocycles. The van der Waals surface area contributed by atoms with E-state index >= 15 is 0 Å². The van der Waals surface area contributed by atoms with Crippen molar-refractivity contribution in [2.45, 2.75) is 18.4 Å². The zero-order valence-corrected chi connectivity index (χ0v) is 15.1. The Balaban J connectivity index is 1.84. The molecule has 0 fully saturated rings. The molecule has 148 valence electrons. The molecule has 1 aliphatic rings. The van der Waals surface area contributed by atoms with Gasteiger partial charge in [-0.05, 0) is 36.4 Å². The Morgan fingerprint density at radius 1 is 1.28 bits per heavy atom. The van der Waals surface area contributed by atoms with E-state index in [0.717, 1.165) is 0 Å². The number of oxime groups is 1. The van der Waals surface area contributed by atoms with Crippen molar-refractivity contribution in [2.75, 3.05) is 11.9 Å². The number of carbonyl (C=O) groups is 2. The second-order valence-corrected chi connectivity index (χ2v) is 6.27. The summed E-state index contributed by atoms with van der Waals surface area (Å²) in [7, 11) is 0. The van der Waals surface area contributed by atoms with Crippen molar-refractivity contribution in [2.24, 2.45) is 5.16 Å². The quantitative estimate of drug-likeness (QED) is 0.741. The number of amides is 1. The highest BCUT2D eigenvalue weighted by Crippen LogP contribution is 2.34. The first-order valence-electron chi connectivity index (χ1n) is 8.56. The Kier molecular flexibility index (Phi) is 5.74. The van der Waals surface area contributed by atoms with Crippen LogP contribution in [0.4, 0.5) is 10.1 Å². The summed E-state index contributed by atoms with van der Waals surface area (Å²) in [5.41, 5.74) is -0.688. The van der Waals surface area contributed by atoms with Gasteiger partial charge in [0.1, 0.15) is 17.6 Å². The molecule has 0 aromatic heterocycles. The van der Waals surface area contributed by atoms with Crippen LogP contribution in [-0.2, 0) is 14.4 Å². The number of hydrogen-bond donors (Lipinski definition) is 2. The summed E-state index contributed by atoms with van der Waals surface area (Å²) in [5.74, 6) is -2.08. The minimum Gasteiger partial charge on any atom is -0.481 e. The number of anilines is 1. The van der Waals surface area contributed by atoms with Gasteiger partial charge in [-0.3, -0.25) is 9.59 Å². The van der Waals surface area contributed by atoms with Gasteiger partial charge >= 0.3 is 5.97 Å². The lowest BCUT2D eigenvalue weighted by Gasteiger charge is -2.23. The summed E-state index contributed by atoms with van der Waals surface area (Å²) in [6, 6.07) is 13.6. The van der Waals surface area contributed by atoms with Crippen LogP contribution in [0.25, 0.3) is 0 Å². The first kappa shape index (κ1) is 19.8. The highest BCUT2D eigenvalue weighted by atomic mass is 19.1. The van der Waals surface area contributed by atoms with E-state index in [2.05, 4.69) is 10.5 Å². The summed E-state index contributed by atoms with van der Waals surface area (Å²) < 4.78 is 18.4. The summed E-state index contributed by atoms with van der Waals surface area (Å²) in [6.45, 7) is -0.184. The minimum absolute atomic E-state index is 0.126. The van der Waals surface area contributed by atoms with Crippen molar-refractivity contribution in [3.05, 3.63) is 59.9 Å². The fourth-order valence-corrected chi connectivity index (χ4v) is 2.88. The number of ether oxygens (including phenoxy) is 1. The number of nitrogens with one attached hydrogen (secondary N) is 1. The molecule has 0 bridgehead atoms. The van der Waals surface area contributed by atoms with Gasteiger partial charge in [0.05, 0.1) is 12.1 Å². The number of hydrogen-bond acceptors (Lipinski definition) is 6. The van der Waals surface area contributed by atoms with E-state index in [1.807, 2.05) is 6.07 Å². The average molecular weight is 397 g/mol. The third kappa shape index (κ3) is 4.50. The number of benzene rings is 2. The Labute approximate surface area is 165 Å². The number of rotatable bonds is 7. The number of nitriles is 1. The molecule has 0 aliphatic carbocycles. The molecule has 9 heteroatoms. The van der Waals surface area contributed by atoms with Crippen molar-refractivity contribution < 1.29 is 28.7 Å². The molecule has 29 heavy (non-hydrogen) atoms. The Morgan fingerprint density at radius 2 is 2.00 bits per heavy atom. The van der Waals surface area contributed by atoms with Crippen molar-refractivity contribution in [1.29, 1.82) is 5.26 Å². The standard InChI is InChI=1S/C20H16FN3O5/c21-13-5-7-14(8-6-13)23-19(27)20(12-18(25)26)11-16(24-29-20)15-3-1-2-4-17(15)28-10-9-22/h1-8H,10-12H2,(H,23,27)(H,25,26)/t20-/m0/s1. The van der Waals surface area contributed by atoms with Crippen LogP contribution in [0, 0.1) is 17.1 Å².